The lowest BCUT2D eigenvalue weighted by Crippen LogP contribution is -2.41. The largest absolute Gasteiger partial charge is 0.466 e. The van der Waals surface area contributed by atoms with Crippen molar-refractivity contribution in [1.29, 1.82) is 5.41 Å². The molecule has 0 unspecified atom stereocenters. The summed E-state index contributed by atoms with van der Waals surface area (Å²) in [6.07, 6.45) is 37.9. The molecule has 272 valence electrons. The lowest BCUT2D eigenvalue weighted by Gasteiger charge is -2.09. The summed E-state index contributed by atoms with van der Waals surface area (Å²) in [4.78, 5) is 24.0. The van der Waals surface area contributed by atoms with Crippen LogP contribution in [0.25, 0.3) is 0 Å². The Morgan fingerprint density at radius 2 is 0.891 bits per heavy atom. The van der Waals surface area contributed by atoms with Gasteiger partial charge in [0, 0.05) is 18.6 Å². The van der Waals surface area contributed by atoms with Gasteiger partial charge in [0.25, 0.3) is 0 Å². The number of rotatable bonds is 36. The second-order valence-corrected chi connectivity index (χ2v) is 14.7. The van der Waals surface area contributed by atoms with Crippen molar-refractivity contribution in [2.75, 3.05) is 18.1 Å². The van der Waals surface area contributed by atoms with Crippen molar-refractivity contribution in [3.8, 4) is 0 Å². The SMILES string of the molecule is CCCCCCCCCCCCCCCCCC(=O)NNC(=N)CCCSCCC(=O)OCCCCCCCCCCCCCC. The molecule has 0 radical (unpaired) electrons. The molecule has 0 aromatic heterocycles. The van der Waals surface area contributed by atoms with E-state index in [0.717, 1.165) is 43.6 Å². The summed E-state index contributed by atoms with van der Waals surface area (Å²) in [6, 6.07) is 0. The Hall–Kier alpha value is -1.24. The first-order chi connectivity index (χ1) is 22.6. The van der Waals surface area contributed by atoms with Crippen LogP contribution >= 0.6 is 11.8 Å². The van der Waals surface area contributed by atoms with Gasteiger partial charge in [0.2, 0.25) is 5.91 Å². The van der Waals surface area contributed by atoms with E-state index in [9.17, 15) is 9.59 Å². The third-order valence-corrected chi connectivity index (χ3v) is 9.86. The zero-order valence-corrected chi connectivity index (χ0v) is 31.5. The topological polar surface area (TPSA) is 91.3 Å². The van der Waals surface area contributed by atoms with Gasteiger partial charge < -0.3 is 4.74 Å². The molecule has 0 aliphatic heterocycles. The highest BCUT2D eigenvalue weighted by Gasteiger charge is 2.05. The third kappa shape index (κ3) is 37.2. The number of esters is 1. The first-order valence-corrected chi connectivity index (χ1v) is 21.1. The molecule has 7 heteroatoms. The van der Waals surface area contributed by atoms with E-state index >= 15 is 0 Å². The second-order valence-electron chi connectivity index (χ2n) is 13.4. The summed E-state index contributed by atoms with van der Waals surface area (Å²) in [7, 11) is 0. The number of hydrazine groups is 1. The molecule has 0 heterocycles. The highest BCUT2D eigenvalue weighted by Crippen LogP contribution is 2.15. The Morgan fingerprint density at radius 3 is 1.35 bits per heavy atom. The molecule has 0 aromatic rings. The molecule has 6 nitrogen and oxygen atoms in total. The highest BCUT2D eigenvalue weighted by molar-refractivity contribution is 7.99. The zero-order chi connectivity index (χ0) is 33.6. The van der Waals surface area contributed by atoms with E-state index in [1.165, 1.54) is 148 Å². The minimum absolute atomic E-state index is 0.0316. The molecule has 46 heavy (non-hydrogen) atoms. The first kappa shape index (κ1) is 44.8. The van der Waals surface area contributed by atoms with Crippen LogP contribution in [0.5, 0.6) is 0 Å². The van der Waals surface area contributed by atoms with Crippen molar-refractivity contribution in [3.63, 3.8) is 0 Å². The van der Waals surface area contributed by atoms with Gasteiger partial charge in [-0.05, 0) is 25.0 Å². The van der Waals surface area contributed by atoms with E-state index in [0.29, 0.717) is 31.7 Å². The van der Waals surface area contributed by atoms with Gasteiger partial charge in [0.15, 0.2) is 0 Å². The number of thioether (sulfide) groups is 1. The Labute approximate surface area is 290 Å². The number of amidine groups is 1. The number of hydrogen-bond acceptors (Lipinski definition) is 5. The molecule has 1 amide bonds. The Balaban J connectivity index is 3.35. The summed E-state index contributed by atoms with van der Waals surface area (Å²) >= 11 is 1.72. The minimum atomic E-state index is -0.0956. The molecule has 0 rings (SSSR count). The van der Waals surface area contributed by atoms with Crippen LogP contribution < -0.4 is 10.9 Å². The predicted molar refractivity (Wildman–Crippen MR) is 202 cm³/mol. The van der Waals surface area contributed by atoms with Crippen LogP contribution in [0, 0.1) is 5.41 Å². The summed E-state index contributed by atoms with van der Waals surface area (Å²) in [5.41, 5.74) is 5.42. The van der Waals surface area contributed by atoms with Gasteiger partial charge in [0.1, 0.15) is 5.84 Å². The summed E-state index contributed by atoms with van der Waals surface area (Å²) < 4.78 is 5.38. The van der Waals surface area contributed by atoms with Crippen LogP contribution in [0.1, 0.15) is 213 Å². The maximum absolute atomic E-state index is 12.1. The maximum Gasteiger partial charge on any atom is 0.306 e. The fraction of sp³-hybridized carbons (Fsp3) is 0.923. The molecule has 0 atom stereocenters. The normalized spacial score (nSPS) is 11.1. The van der Waals surface area contributed by atoms with Crippen molar-refractivity contribution in [2.24, 2.45) is 0 Å². The van der Waals surface area contributed by atoms with Crippen molar-refractivity contribution in [1.82, 2.24) is 10.9 Å². The predicted octanol–water partition coefficient (Wildman–Crippen LogP) is 12.0. The number of unbranched alkanes of at least 4 members (excludes halogenated alkanes) is 25. The molecule has 0 saturated carbocycles. The van der Waals surface area contributed by atoms with Gasteiger partial charge >= 0.3 is 5.97 Å². The zero-order valence-electron chi connectivity index (χ0n) is 30.7. The first-order valence-electron chi connectivity index (χ1n) is 20.0. The van der Waals surface area contributed by atoms with Crippen LogP contribution in [0.2, 0.25) is 0 Å². The van der Waals surface area contributed by atoms with Crippen LogP contribution in [0.15, 0.2) is 0 Å². The number of hydrogen-bond donors (Lipinski definition) is 3. The highest BCUT2D eigenvalue weighted by atomic mass is 32.2. The maximum atomic E-state index is 12.1. The van der Waals surface area contributed by atoms with Crippen LogP contribution in [-0.4, -0.2) is 35.8 Å². The van der Waals surface area contributed by atoms with Crippen molar-refractivity contribution < 1.29 is 14.3 Å². The summed E-state index contributed by atoms with van der Waals surface area (Å²) in [5.74, 6) is 1.86. The van der Waals surface area contributed by atoms with Gasteiger partial charge in [0.05, 0.1) is 13.0 Å². The molecule has 0 aliphatic rings. The lowest BCUT2D eigenvalue weighted by molar-refractivity contribution is -0.143. The van der Waals surface area contributed by atoms with Crippen LogP contribution in [0.3, 0.4) is 0 Å². The van der Waals surface area contributed by atoms with E-state index in [1.807, 2.05) is 0 Å². The van der Waals surface area contributed by atoms with Crippen molar-refractivity contribution >= 4 is 29.5 Å². The van der Waals surface area contributed by atoms with E-state index in [-0.39, 0.29) is 11.9 Å². The monoisotopic (exact) mass is 668 g/mol. The Kier molecular flexibility index (Phi) is 37.2. The molecule has 3 N–H and O–H groups in total. The van der Waals surface area contributed by atoms with Crippen molar-refractivity contribution in [2.45, 2.75) is 213 Å². The fourth-order valence-electron chi connectivity index (χ4n) is 5.74. The molecule has 0 saturated heterocycles. The fourth-order valence-corrected chi connectivity index (χ4v) is 6.60. The van der Waals surface area contributed by atoms with Crippen molar-refractivity contribution in [3.05, 3.63) is 0 Å². The van der Waals surface area contributed by atoms with Gasteiger partial charge in [-0.3, -0.25) is 25.8 Å². The number of carbonyl (C=O) groups excluding carboxylic acids is 2. The Morgan fingerprint density at radius 1 is 0.478 bits per heavy atom. The third-order valence-electron chi connectivity index (χ3n) is 8.79. The molecule has 0 spiro atoms. The smallest absolute Gasteiger partial charge is 0.306 e. The molecule has 0 bridgehead atoms. The number of ether oxygens (including phenoxy) is 1. The average molecular weight is 668 g/mol. The van der Waals surface area contributed by atoms with Crippen LogP contribution in [-0.2, 0) is 14.3 Å². The van der Waals surface area contributed by atoms with E-state index in [4.69, 9.17) is 10.1 Å². The van der Waals surface area contributed by atoms with Gasteiger partial charge in [-0.25, -0.2) is 0 Å². The molecule has 0 fully saturated rings. The number of amides is 1. The molecule has 0 aromatic carbocycles. The minimum Gasteiger partial charge on any atom is -0.466 e. The van der Waals surface area contributed by atoms with Gasteiger partial charge in [-0.2, -0.15) is 11.8 Å². The number of carbonyl (C=O) groups is 2. The van der Waals surface area contributed by atoms with E-state index < -0.39 is 0 Å². The summed E-state index contributed by atoms with van der Waals surface area (Å²) in [5, 5.41) is 8.01. The molecular weight excluding hydrogens is 591 g/mol. The van der Waals surface area contributed by atoms with E-state index in [2.05, 4.69) is 24.7 Å². The quantitative estimate of drug-likeness (QED) is 0.0203. The van der Waals surface area contributed by atoms with Crippen LogP contribution in [0.4, 0.5) is 0 Å². The molecule has 0 aliphatic carbocycles. The molecular formula is C39H77N3O3S. The van der Waals surface area contributed by atoms with Gasteiger partial charge in [-0.1, -0.05) is 174 Å². The summed E-state index contributed by atoms with van der Waals surface area (Å²) in [6.45, 7) is 5.09. The van der Waals surface area contributed by atoms with Gasteiger partial charge in [-0.15, -0.1) is 0 Å². The standard InChI is InChI=1S/C39H77N3O3S/c1-3-5-7-9-11-13-15-17-18-19-20-22-24-26-28-32-38(43)42-41-37(40)31-30-35-46-36-33-39(44)45-34-29-27-25-23-21-16-14-12-10-8-6-4-2/h3-36H2,1-2H3,(H2,40,41)(H,42,43). The van der Waals surface area contributed by atoms with E-state index in [1.54, 1.807) is 11.8 Å². The average Bonchev–Trinajstić information content (AvgIpc) is 3.05. The number of nitrogens with one attached hydrogen (secondary N) is 3. The lowest BCUT2D eigenvalue weighted by atomic mass is 10.0. The second kappa shape index (κ2) is 38.2. The Bertz CT molecular complexity index is 677.